The quantitative estimate of drug-likeness (QED) is 0.627. The molecule has 3 aromatic carbocycles. The van der Waals surface area contributed by atoms with E-state index >= 15 is 0 Å². The van der Waals surface area contributed by atoms with Crippen LogP contribution in [0.2, 0.25) is 5.02 Å². The lowest BCUT2D eigenvalue weighted by molar-refractivity contribution is 0.256. The third kappa shape index (κ3) is 3.37. The summed E-state index contributed by atoms with van der Waals surface area (Å²) in [7, 11) is 0. The van der Waals surface area contributed by atoms with E-state index in [0.717, 1.165) is 16.9 Å². The number of urea groups is 1. The normalized spacial score (nSPS) is 15.7. The van der Waals surface area contributed by atoms with Gasteiger partial charge >= 0.3 is 6.03 Å². The number of carbonyl (C=O) groups excluding carboxylic acids is 1. The summed E-state index contributed by atoms with van der Waals surface area (Å²) in [5, 5.41) is 7.06. The van der Waals surface area contributed by atoms with E-state index in [0.29, 0.717) is 17.3 Å². The number of anilines is 3. The van der Waals surface area contributed by atoms with Gasteiger partial charge in [-0.1, -0.05) is 60.1 Å². The molecule has 0 saturated heterocycles. The monoisotopic (exact) mass is 363 g/mol. The third-order valence-corrected chi connectivity index (χ3v) is 4.65. The van der Waals surface area contributed by atoms with Crippen molar-refractivity contribution in [3.05, 3.63) is 89.4 Å². The molecule has 1 aliphatic heterocycles. The fraction of sp³-hybridized carbons (Fsp3) is 0.0952. The zero-order valence-corrected chi connectivity index (χ0v) is 14.8. The van der Waals surface area contributed by atoms with Crippen molar-refractivity contribution in [2.75, 3.05) is 22.1 Å². The summed E-state index contributed by atoms with van der Waals surface area (Å²) in [6.45, 7) is 0.535. The lowest BCUT2D eigenvalue weighted by atomic mass is 10.0. The van der Waals surface area contributed by atoms with Gasteiger partial charge < -0.3 is 10.6 Å². The number of carbonyl (C=O) groups is 1. The number of fused-ring (bicyclic) bond motifs is 1. The second-order valence-electron chi connectivity index (χ2n) is 6.18. The van der Waals surface area contributed by atoms with Gasteiger partial charge in [0.05, 0.1) is 24.0 Å². The molecule has 1 unspecified atom stereocenters. The predicted molar refractivity (Wildman–Crippen MR) is 107 cm³/mol. The van der Waals surface area contributed by atoms with Gasteiger partial charge in [-0.15, -0.1) is 0 Å². The van der Waals surface area contributed by atoms with Gasteiger partial charge in [0.25, 0.3) is 0 Å². The van der Waals surface area contributed by atoms with Crippen LogP contribution in [0.4, 0.5) is 21.9 Å². The Hall–Kier alpha value is -2.98. The fourth-order valence-electron chi connectivity index (χ4n) is 3.17. The van der Waals surface area contributed by atoms with Crippen molar-refractivity contribution in [2.24, 2.45) is 0 Å². The van der Waals surface area contributed by atoms with Crippen molar-refractivity contribution < 1.29 is 4.79 Å². The highest BCUT2D eigenvalue weighted by atomic mass is 35.5. The maximum Gasteiger partial charge on any atom is 0.326 e. The smallest absolute Gasteiger partial charge is 0.326 e. The van der Waals surface area contributed by atoms with Gasteiger partial charge in [0, 0.05) is 10.7 Å². The molecule has 1 aliphatic rings. The van der Waals surface area contributed by atoms with E-state index in [1.165, 1.54) is 0 Å². The third-order valence-electron chi connectivity index (χ3n) is 4.41. The van der Waals surface area contributed by atoms with Gasteiger partial charge in [-0.3, -0.25) is 4.90 Å². The van der Waals surface area contributed by atoms with Crippen LogP contribution in [-0.4, -0.2) is 12.6 Å². The highest BCUT2D eigenvalue weighted by Crippen LogP contribution is 2.35. The van der Waals surface area contributed by atoms with Crippen LogP contribution in [-0.2, 0) is 0 Å². The van der Waals surface area contributed by atoms with Crippen LogP contribution in [0.15, 0.2) is 78.9 Å². The molecular formula is C21H18ClN3O. The van der Waals surface area contributed by atoms with Crippen LogP contribution in [0.25, 0.3) is 0 Å². The van der Waals surface area contributed by atoms with Crippen molar-refractivity contribution in [3.8, 4) is 0 Å². The van der Waals surface area contributed by atoms with Gasteiger partial charge in [-0.2, -0.15) is 0 Å². The standard InChI is InChI=1S/C21H18ClN3O/c22-16-9-6-10-17(13-16)23-21(26)25-14-19(15-7-2-1-3-8-15)24-18-11-4-5-12-20(18)25/h1-13,19,24H,14H2,(H,23,26). The first-order valence-electron chi connectivity index (χ1n) is 8.45. The molecule has 1 heterocycles. The number of hydrogen-bond donors (Lipinski definition) is 2. The maximum absolute atomic E-state index is 13.0. The van der Waals surface area contributed by atoms with E-state index in [2.05, 4.69) is 22.8 Å². The number of nitrogens with zero attached hydrogens (tertiary/aromatic N) is 1. The first kappa shape index (κ1) is 16.5. The summed E-state index contributed by atoms with van der Waals surface area (Å²) in [4.78, 5) is 14.7. The lowest BCUT2D eigenvalue weighted by Crippen LogP contribution is -2.43. The maximum atomic E-state index is 13.0. The minimum absolute atomic E-state index is 0.0243. The molecule has 4 nitrogen and oxygen atoms in total. The summed E-state index contributed by atoms with van der Waals surface area (Å²) >= 11 is 6.02. The largest absolute Gasteiger partial charge is 0.375 e. The molecule has 0 bridgehead atoms. The fourth-order valence-corrected chi connectivity index (χ4v) is 3.36. The molecule has 130 valence electrons. The van der Waals surface area contributed by atoms with Crippen molar-refractivity contribution in [1.82, 2.24) is 0 Å². The first-order chi connectivity index (χ1) is 12.7. The number of amides is 2. The van der Waals surface area contributed by atoms with Gasteiger partial charge in [-0.25, -0.2) is 4.79 Å². The number of hydrogen-bond acceptors (Lipinski definition) is 2. The van der Waals surface area contributed by atoms with Crippen molar-refractivity contribution in [3.63, 3.8) is 0 Å². The lowest BCUT2D eigenvalue weighted by Gasteiger charge is -2.36. The molecule has 0 aliphatic carbocycles. The van der Waals surface area contributed by atoms with Crippen molar-refractivity contribution >= 4 is 34.7 Å². The highest BCUT2D eigenvalue weighted by Gasteiger charge is 2.28. The van der Waals surface area contributed by atoms with E-state index in [9.17, 15) is 4.79 Å². The molecule has 0 fully saturated rings. The number of halogens is 1. The summed E-state index contributed by atoms with van der Waals surface area (Å²) < 4.78 is 0. The molecule has 2 amide bonds. The van der Waals surface area contributed by atoms with Crippen LogP contribution in [0, 0.1) is 0 Å². The molecule has 2 N–H and O–H groups in total. The molecule has 26 heavy (non-hydrogen) atoms. The van der Waals surface area contributed by atoms with Crippen molar-refractivity contribution in [2.45, 2.75) is 6.04 Å². The Kier molecular flexibility index (Phi) is 4.50. The second kappa shape index (κ2) is 7.10. The van der Waals surface area contributed by atoms with Gasteiger partial charge in [0.1, 0.15) is 0 Å². The van der Waals surface area contributed by atoms with Crippen LogP contribution < -0.4 is 15.5 Å². The SMILES string of the molecule is O=C(Nc1cccc(Cl)c1)N1CC(c2ccccc2)Nc2ccccc21. The molecular weight excluding hydrogens is 346 g/mol. The Bertz CT molecular complexity index is 929. The molecule has 5 heteroatoms. The molecule has 3 aromatic rings. The van der Waals surface area contributed by atoms with E-state index < -0.39 is 0 Å². The van der Waals surface area contributed by atoms with Crippen LogP contribution >= 0.6 is 11.6 Å². The Morgan fingerprint density at radius 3 is 2.58 bits per heavy atom. The molecule has 0 spiro atoms. The average Bonchev–Trinajstić information content (AvgIpc) is 2.68. The number of para-hydroxylation sites is 2. The minimum atomic E-state index is -0.179. The summed E-state index contributed by atoms with van der Waals surface area (Å²) in [6.07, 6.45) is 0. The summed E-state index contributed by atoms with van der Waals surface area (Å²) in [5.74, 6) is 0. The first-order valence-corrected chi connectivity index (χ1v) is 8.83. The highest BCUT2D eigenvalue weighted by molar-refractivity contribution is 6.30. The van der Waals surface area contributed by atoms with Gasteiger partial charge in [-0.05, 0) is 35.9 Å². The zero-order chi connectivity index (χ0) is 17.9. The average molecular weight is 364 g/mol. The molecule has 1 atom stereocenters. The topological polar surface area (TPSA) is 44.4 Å². The van der Waals surface area contributed by atoms with Gasteiger partial charge in [0.2, 0.25) is 0 Å². The van der Waals surface area contributed by atoms with Gasteiger partial charge in [0.15, 0.2) is 0 Å². The molecule has 0 aromatic heterocycles. The minimum Gasteiger partial charge on any atom is -0.375 e. The van der Waals surface area contributed by atoms with E-state index in [1.807, 2.05) is 54.6 Å². The second-order valence-corrected chi connectivity index (χ2v) is 6.61. The summed E-state index contributed by atoms with van der Waals surface area (Å²) in [6, 6.07) is 25.0. The van der Waals surface area contributed by atoms with Crippen LogP contribution in [0.5, 0.6) is 0 Å². The van der Waals surface area contributed by atoms with E-state index in [1.54, 1.807) is 17.0 Å². The van der Waals surface area contributed by atoms with E-state index in [4.69, 9.17) is 11.6 Å². The number of rotatable bonds is 2. The Balaban J connectivity index is 1.64. The number of nitrogens with one attached hydrogen (secondary N) is 2. The molecule has 4 rings (SSSR count). The van der Waals surface area contributed by atoms with Crippen LogP contribution in [0.3, 0.4) is 0 Å². The number of benzene rings is 3. The Morgan fingerprint density at radius 1 is 1.00 bits per heavy atom. The summed E-state index contributed by atoms with van der Waals surface area (Å²) in [5.41, 5.74) is 3.62. The molecule has 0 radical (unpaired) electrons. The Labute approximate surface area is 157 Å². The van der Waals surface area contributed by atoms with Crippen LogP contribution in [0.1, 0.15) is 11.6 Å². The van der Waals surface area contributed by atoms with E-state index in [-0.39, 0.29) is 12.1 Å². The molecule has 0 saturated carbocycles. The predicted octanol–water partition coefficient (Wildman–Crippen LogP) is 5.55. The Morgan fingerprint density at radius 2 is 1.77 bits per heavy atom. The van der Waals surface area contributed by atoms with Crippen molar-refractivity contribution in [1.29, 1.82) is 0 Å². The zero-order valence-electron chi connectivity index (χ0n) is 14.0.